The van der Waals surface area contributed by atoms with Gasteiger partial charge in [-0.15, -0.1) is 0 Å². The van der Waals surface area contributed by atoms with Gasteiger partial charge >= 0.3 is 0 Å². The molecular weight excluding hydrogens is 272 g/mol. The minimum absolute atomic E-state index is 0.191. The zero-order valence-corrected chi connectivity index (χ0v) is 13.1. The molecule has 2 rings (SSSR count). The van der Waals surface area contributed by atoms with Gasteiger partial charge in [0, 0.05) is 12.6 Å². The maximum Gasteiger partial charge on any atom is 0.238 e. The number of hydrogen-bond donors (Lipinski definition) is 1. The van der Waals surface area contributed by atoms with E-state index in [1.807, 2.05) is 6.07 Å². The van der Waals surface area contributed by atoms with Crippen LogP contribution in [0.1, 0.15) is 44.2 Å². The summed E-state index contributed by atoms with van der Waals surface area (Å²) in [4.78, 5) is 2.49. The predicted molar refractivity (Wildman–Crippen MR) is 80.8 cm³/mol. The molecule has 0 saturated heterocycles. The van der Waals surface area contributed by atoms with Crippen LogP contribution in [-0.2, 0) is 10.0 Å². The highest BCUT2D eigenvalue weighted by atomic mass is 32.2. The van der Waals surface area contributed by atoms with Gasteiger partial charge in [0.05, 0.1) is 4.90 Å². The van der Waals surface area contributed by atoms with Gasteiger partial charge in [-0.2, -0.15) is 0 Å². The van der Waals surface area contributed by atoms with Gasteiger partial charge in [-0.3, -0.25) is 4.90 Å². The average Bonchev–Trinajstić information content (AvgIpc) is 2.90. The van der Waals surface area contributed by atoms with Gasteiger partial charge < -0.3 is 0 Å². The van der Waals surface area contributed by atoms with Crippen LogP contribution in [0.5, 0.6) is 0 Å². The molecule has 0 aromatic heterocycles. The summed E-state index contributed by atoms with van der Waals surface area (Å²) in [6.45, 7) is 3.18. The topological polar surface area (TPSA) is 63.4 Å². The van der Waals surface area contributed by atoms with E-state index in [-0.39, 0.29) is 10.9 Å². The van der Waals surface area contributed by atoms with E-state index in [1.165, 1.54) is 25.7 Å². The number of sulfonamides is 1. The molecule has 0 heterocycles. The molecule has 112 valence electrons. The molecule has 0 amide bonds. The highest BCUT2D eigenvalue weighted by Crippen LogP contribution is 2.28. The monoisotopic (exact) mass is 296 g/mol. The normalized spacial score (nSPS) is 18.6. The molecule has 1 aliphatic rings. The Balaban J connectivity index is 2.09. The van der Waals surface area contributed by atoms with Crippen LogP contribution in [0, 0.1) is 5.92 Å². The van der Waals surface area contributed by atoms with Gasteiger partial charge in [0.25, 0.3) is 0 Å². The molecule has 1 atom stereocenters. The molecule has 0 spiro atoms. The Bertz CT molecular complexity index is 551. The molecule has 5 heteroatoms. The van der Waals surface area contributed by atoms with Crippen LogP contribution < -0.4 is 5.14 Å². The number of benzene rings is 1. The van der Waals surface area contributed by atoms with Crippen LogP contribution in [0.2, 0.25) is 0 Å². The first-order chi connectivity index (χ1) is 9.38. The second-order valence-corrected chi connectivity index (χ2v) is 7.44. The second-order valence-electron chi connectivity index (χ2n) is 5.88. The third-order valence-electron chi connectivity index (χ3n) is 4.35. The van der Waals surface area contributed by atoms with Crippen molar-refractivity contribution in [3.63, 3.8) is 0 Å². The Morgan fingerprint density at radius 1 is 1.35 bits per heavy atom. The summed E-state index contributed by atoms with van der Waals surface area (Å²) in [5.41, 5.74) is 0.997. The Hall–Kier alpha value is -0.910. The van der Waals surface area contributed by atoms with Crippen molar-refractivity contribution in [3.8, 4) is 0 Å². The lowest BCUT2D eigenvalue weighted by Crippen LogP contribution is -2.27. The summed E-state index contributed by atoms with van der Waals surface area (Å²) in [7, 11) is -1.52. The predicted octanol–water partition coefficient (Wildman–Crippen LogP) is 2.52. The van der Waals surface area contributed by atoms with Crippen LogP contribution in [0.25, 0.3) is 0 Å². The summed E-state index contributed by atoms with van der Waals surface area (Å²) in [5.74, 6) is 0.781. The summed E-state index contributed by atoms with van der Waals surface area (Å²) in [6, 6.07) is 7.14. The van der Waals surface area contributed by atoms with Crippen molar-refractivity contribution in [2.24, 2.45) is 11.1 Å². The fraction of sp³-hybridized carbons (Fsp3) is 0.600. The molecule has 0 unspecified atom stereocenters. The van der Waals surface area contributed by atoms with Gasteiger partial charge in [-0.1, -0.05) is 25.0 Å². The van der Waals surface area contributed by atoms with Gasteiger partial charge in [0.15, 0.2) is 0 Å². The SMILES string of the molecule is C[C@H](c1cccc(S(N)(=O)=O)c1)N(C)CC1CCCC1. The van der Waals surface area contributed by atoms with Gasteiger partial charge in [-0.05, 0) is 50.4 Å². The molecule has 0 aliphatic heterocycles. The second kappa shape index (κ2) is 6.24. The number of hydrogen-bond acceptors (Lipinski definition) is 3. The Morgan fingerprint density at radius 2 is 2.00 bits per heavy atom. The van der Waals surface area contributed by atoms with Crippen molar-refractivity contribution < 1.29 is 8.42 Å². The number of nitrogens with zero attached hydrogens (tertiary/aromatic N) is 1. The first-order valence-corrected chi connectivity index (χ1v) is 8.75. The first kappa shape index (κ1) is 15.5. The van der Waals surface area contributed by atoms with Crippen molar-refractivity contribution in [2.75, 3.05) is 13.6 Å². The summed E-state index contributed by atoms with van der Waals surface area (Å²) >= 11 is 0. The van der Waals surface area contributed by atoms with E-state index in [9.17, 15) is 8.42 Å². The third-order valence-corrected chi connectivity index (χ3v) is 5.26. The van der Waals surface area contributed by atoms with Crippen molar-refractivity contribution in [1.29, 1.82) is 0 Å². The Morgan fingerprint density at radius 3 is 2.60 bits per heavy atom. The van der Waals surface area contributed by atoms with Crippen LogP contribution in [0.15, 0.2) is 29.2 Å². The van der Waals surface area contributed by atoms with Gasteiger partial charge in [-0.25, -0.2) is 13.6 Å². The quantitative estimate of drug-likeness (QED) is 0.908. The largest absolute Gasteiger partial charge is 0.299 e. The van der Waals surface area contributed by atoms with Gasteiger partial charge in [0.1, 0.15) is 0 Å². The highest BCUT2D eigenvalue weighted by molar-refractivity contribution is 7.89. The van der Waals surface area contributed by atoms with E-state index in [0.717, 1.165) is 18.0 Å². The number of nitrogens with two attached hydrogens (primary N) is 1. The van der Waals surface area contributed by atoms with E-state index < -0.39 is 10.0 Å². The standard InChI is InChI=1S/C15H24N2O2S/c1-12(17(2)11-13-6-3-4-7-13)14-8-5-9-15(10-14)20(16,18)19/h5,8-10,12-13H,3-4,6-7,11H2,1-2H3,(H2,16,18,19)/t12-/m1/s1. The fourth-order valence-corrected chi connectivity index (χ4v) is 3.53. The van der Waals surface area contributed by atoms with E-state index >= 15 is 0 Å². The van der Waals surface area contributed by atoms with E-state index in [0.29, 0.717) is 0 Å². The van der Waals surface area contributed by atoms with Crippen molar-refractivity contribution in [3.05, 3.63) is 29.8 Å². The summed E-state index contributed by atoms with van der Waals surface area (Å²) < 4.78 is 22.8. The van der Waals surface area contributed by atoms with E-state index in [1.54, 1.807) is 18.2 Å². The highest BCUT2D eigenvalue weighted by Gasteiger charge is 2.20. The molecular formula is C15H24N2O2S. The lowest BCUT2D eigenvalue weighted by Gasteiger charge is -2.28. The van der Waals surface area contributed by atoms with Crippen LogP contribution in [0.4, 0.5) is 0 Å². The molecule has 1 aromatic carbocycles. The maximum absolute atomic E-state index is 11.4. The van der Waals surface area contributed by atoms with Crippen molar-refractivity contribution >= 4 is 10.0 Å². The molecule has 20 heavy (non-hydrogen) atoms. The summed E-state index contributed by atoms with van der Waals surface area (Å²) in [5, 5.41) is 5.19. The molecule has 4 nitrogen and oxygen atoms in total. The zero-order valence-electron chi connectivity index (χ0n) is 12.2. The molecule has 1 aromatic rings. The lowest BCUT2D eigenvalue weighted by atomic mass is 10.0. The van der Waals surface area contributed by atoms with Crippen LogP contribution in [-0.4, -0.2) is 26.9 Å². The van der Waals surface area contributed by atoms with Crippen molar-refractivity contribution in [2.45, 2.75) is 43.5 Å². The third kappa shape index (κ3) is 3.81. The minimum Gasteiger partial charge on any atom is -0.299 e. The van der Waals surface area contributed by atoms with Crippen LogP contribution >= 0.6 is 0 Å². The smallest absolute Gasteiger partial charge is 0.238 e. The Labute approximate surface area is 122 Å². The molecule has 1 fully saturated rings. The molecule has 1 aliphatic carbocycles. The van der Waals surface area contributed by atoms with Crippen LogP contribution in [0.3, 0.4) is 0 Å². The Kier molecular flexibility index (Phi) is 4.83. The van der Waals surface area contributed by atoms with Gasteiger partial charge in [0.2, 0.25) is 10.0 Å². The minimum atomic E-state index is -3.63. The average molecular weight is 296 g/mol. The number of primary sulfonamides is 1. The summed E-state index contributed by atoms with van der Waals surface area (Å²) in [6.07, 6.45) is 5.31. The molecule has 1 saturated carbocycles. The fourth-order valence-electron chi connectivity index (χ4n) is 2.96. The zero-order chi connectivity index (χ0) is 14.8. The molecule has 2 N–H and O–H groups in total. The first-order valence-electron chi connectivity index (χ1n) is 7.21. The lowest BCUT2D eigenvalue weighted by molar-refractivity contribution is 0.221. The van der Waals surface area contributed by atoms with E-state index in [4.69, 9.17) is 5.14 Å². The maximum atomic E-state index is 11.4. The molecule has 0 radical (unpaired) electrons. The van der Waals surface area contributed by atoms with E-state index in [2.05, 4.69) is 18.9 Å². The van der Waals surface area contributed by atoms with Crippen molar-refractivity contribution in [1.82, 2.24) is 4.90 Å². The molecule has 0 bridgehead atoms. The number of rotatable bonds is 5.